The summed E-state index contributed by atoms with van der Waals surface area (Å²) in [5, 5.41) is 12.1. The molecule has 1 heterocycles. The molecular weight excluding hydrogens is 292 g/mol. The van der Waals surface area contributed by atoms with Crippen LogP contribution in [0.2, 0.25) is 0 Å². The van der Waals surface area contributed by atoms with Crippen LogP contribution in [-0.4, -0.2) is 49.5 Å². The van der Waals surface area contributed by atoms with Gasteiger partial charge in [-0.2, -0.15) is 4.31 Å². The number of nitrogens with zero attached hydrogens (tertiary/aromatic N) is 1. The first-order valence-electron chi connectivity index (χ1n) is 6.85. The zero-order valence-corrected chi connectivity index (χ0v) is 13.0. The Kier molecular flexibility index (Phi) is 4.65. The molecule has 1 atom stereocenters. The first kappa shape index (κ1) is 15.9. The molecule has 116 valence electrons. The molecule has 0 aromatic heterocycles. The minimum Gasteiger partial charge on any atom is -0.481 e. The first-order chi connectivity index (χ1) is 9.80. The summed E-state index contributed by atoms with van der Waals surface area (Å²) in [6.07, 6.45) is -0.173. The van der Waals surface area contributed by atoms with E-state index in [1.807, 2.05) is 6.92 Å². The van der Waals surface area contributed by atoms with Gasteiger partial charge in [-0.1, -0.05) is 6.07 Å². The van der Waals surface area contributed by atoms with Crippen LogP contribution in [-0.2, 0) is 21.2 Å². The van der Waals surface area contributed by atoms with Gasteiger partial charge in [0.15, 0.2) is 0 Å². The molecule has 1 aromatic carbocycles. The Morgan fingerprint density at radius 3 is 2.81 bits per heavy atom. The predicted molar refractivity (Wildman–Crippen MR) is 78.7 cm³/mol. The molecule has 1 aliphatic heterocycles. The Hall–Kier alpha value is -1.44. The summed E-state index contributed by atoms with van der Waals surface area (Å²) in [5.41, 5.74) is 1.32. The Labute approximate surface area is 124 Å². The van der Waals surface area contributed by atoms with Gasteiger partial charge in [0, 0.05) is 25.7 Å². The van der Waals surface area contributed by atoms with Crippen LogP contribution in [0.15, 0.2) is 23.1 Å². The number of carboxylic acids is 1. The number of aryl methyl sites for hydroxylation is 1. The van der Waals surface area contributed by atoms with Gasteiger partial charge < -0.3 is 10.4 Å². The van der Waals surface area contributed by atoms with E-state index in [1.54, 1.807) is 19.1 Å². The highest BCUT2D eigenvalue weighted by Gasteiger charge is 2.28. The second-order valence-electron chi connectivity index (χ2n) is 5.38. The maximum absolute atomic E-state index is 12.6. The van der Waals surface area contributed by atoms with Crippen molar-refractivity contribution in [3.8, 4) is 0 Å². The van der Waals surface area contributed by atoms with E-state index in [1.165, 1.54) is 10.4 Å². The van der Waals surface area contributed by atoms with Crippen molar-refractivity contribution in [2.75, 3.05) is 19.6 Å². The maximum atomic E-state index is 12.6. The van der Waals surface area contributed by atoms with Crippen LogP contribution >= 0.6 is 0 Å². The summed E-state index contributed by atoms with van der Waals surface area (Å²) in [7, 11) is -3.57. The number of sulfonamides is 1. The number of benzene rings is 1. The lowest BCUT2D eigenvalue weighted by Crippen LogP contribution is -2.51. The van der Waals surface area contributed by atoms with Crippen LogP contribution in [0.5, 0.6) is 0 Å². The monoisotopic (exact) mass is 312 g/mol. The normalized spacial score (nSPS) is 20.4. The number of carboxylic acid groups (broad SMARTS) is 1. The molecule has 6 nitrogen and oxygen atoms in total. The van der Waals surface area contributed by atoms with Crippen LogP contribution in [0.25, 0.3) is 0 Å². The van der Waals surface area contributed by atoms with Crippen LogP contribution in [0.3, 0.4) is 0 Å². The fraction of sp³-hybridized carbons (Fsp3) is 0.500. The van der Waals surface area contributed by atoms with Crippen molar-refractivity contribution in [2.45, 2.75) is 31.2 Å². The Morgan fingerprint density at radius 2 is 2.19 bits per heavy atom. The summed E-state index contributed by atoms with van der Waals surface area (Å²) in [4.78, 5) is 11.0. The fourth-order valence-corrected chi connectivity index (χ4v) is 4.01. The second-order valence-corrected chi connectivity index (χ2v) is 7.31. The quantitative estimate of drug-likeness (QED) is 0.850. The summed E-state index contributed by atoms with van der Waals surface area (Å²) in [5.74, 6) is -0.969. The number of hydrogen-bond donors (Lipinski definition) is 2. The standard InChI is InChI=1S/C14H20N2O4S/c1-10-3-4-13(7-12(10)8-14(17)18)21(19,20)16-6-5-15-11(2)9-16/h3-4,7,11,15H,5-6,8-9H2,1-2H3,(H,17,18). The molecule has 0 bridgehead atoms. The number of aliphatic carboxylic acids is 1. The Morgan fingerprint density at radius 1 is 1.48 bits per heavy atom. The molecule has 0 saturated carbocycles. The zero-order chi connectivity index (χ0) is 15.6. The van der Waals surface area contributed by atoms with Gasteiger partial charge in [0.2, 0.25) is 10.0 Å². The molecule has 0 amide bonds. The molecule has 21 heavy (non-hydrogen) atoms. The minimum absolute atomic E-state index is 0.109. The summed E-state index contributed by atoms with van der Waals surface area (Å²) >= 11 is 0. The third-order valence-corrected chi connectivity index (χ3v) is 5.49. The molecule has 1 unspecified atom stereocenters. The van der Waals surface area contributed by atoms with Gasteiger partial charge in [-0.3, -0.25) is 4.79 Å². The van der Waals surface area contributed by atoms with E-state index in [0.29, 0.717) is 25.2 Å². The molecule has 7 heteroatoms. The van der Waals surface area contributed by atoms with E-state index in [0.717, 1.165) is 5.56 Å². The lowest BCUT2D eigenvalue weighted by molar-refractivity contribution is -0.136. The average Bonchev–Trinajstić information content (AvgIpc) is 2.40. The SMILES string of the molecule is Cc1ccc(S(=O)(=O)N2CCNC(C)C2)cc1CC(=O)O. The van der Waals surface area contributed by atoms with E-state index in [-0.39, 0.29) is 17.4 Å². The van der Waals surface area contributed by atoms with Crippen molar-refractivity contribution >= 4 is 16.0 Å². The zero-order valence-electron chi connectivity index (χ0n) is 12.2. The smallest absolute Gasteiger partial charge is 0.307 e. The summed E-state index contributed by atoms with van der Waals surface area (Å²) in [6, 6.07) is 4.79. The van der Waals surface area contributed by atoms with E-state index in [2.05, 4.69) is 5.32 Å². The molecule has 0 aliphatic carbocycles. The van der Waals surface area contributed by atoms with Crippen LogP contribution in [0.1, 0.15) is 18.1 Å². The highest BCUT2D eigenvalue weighted by molar-refractivity contribution is 7.89. The first-order valence-corrected chi connectivity index (χ1v) is 8.29. The van der Waals surface area contributed by atoms with Gasteiger partial charge in [-0.05, 0) is 37.1 Å². The minimum atomic E-state index is -3.57. The van der Waals surface area contributed by atoms with Crippen molar-refractivity contribution < 1.29 is 18.3 Å². The van der Waals surface area contributed by atoms with Gasteiger partial charge in [0.1, 0.15) is 0 Å². The molecule has 1 fully saturated rings. The lowest BCUT2D eigenvalue weighted by atomic mass is 10.1. The maximum Gasteiger partial charge on any atom is 0.307 e. The molecule has 1 aliphatic rings. The van der Waals surface area contributed by atoms with Gasteiger partial charge in [-0.25, -0.2) is 8.42 Å². The molecule has 0 spiro atoms. The third-order valence-electron chi connectivity index (χ3n) is 3.63. The Balaban J connectivity index is 2.33. The third kappa shape index (κ3) is 3.61. The number of piperazine rings is 1. The molecule has 1 saturated heterocycles. The molecule has 2 rings (SSSR count). The topological polar surface area (TPSA) is 86.7 Å². The highest BCUT2D eigenvalue weighted by atomic mass is 32.2. The Bertz CT molecular complexity index is 642. The van der Waals surface area contributed by atoms with Crippen molar-refractivity contribution in [1.29, 1.82) is 0 Å². The summed E-state index contributed by atoms with van der Waals surface area (Å²) < 4.78 is 26.7. The molecule has 1 aromatic rings. The molecule has 2 N–H and O–H groups in total. The van der Waals surface area contributed by atoms with Crippen LogP contribution in [0.4, 0.5) is 0 Å². The van der Waals surface area contributed by atoms with E-state index in [9.17, 15) is 13.2 Å². The van der Waals surface area contributed by atoms with E-state index >= 15 is 0 Å². The van der Waals surface area contributed by atoms with Gasteiger partial charge >= 0.3 is 5.97 Å². The van der Waals surface area contributed by atoms with Gasteiger partial charge in [-0.15, -0.1) is 0 Å². The van der Waals surface area contributed by atoms with Crippen molar-refractivity contribution in [2.24, 2.45) is 0 Å². The van der Waals surface area contributed by atoms with Crippen LogP contribution in [0, 0.1) is 6.92 Å². The lowest BCUT2D eigenvalue weighted by Gasteiger charge is -2.31. The molecular formula is C14H20N2O4S. The molecule has 0 radical (unpaired) electrons. The van der Waals surface area contributed by atoms with E-state index in [4.69, 9.17) is 5.11 Å². The summed E-state index contributed by atoms with van der Waals surface area (Å²) in [6.45, 7) is 5.18. The van der Waals surface area contributed by atoms with Crippen molar-refractivity contribution in [3.05, 3.63) is 29.3 Å². The number of carbonyl (C=O) groups is 1. The average molecular weight is 312 g/mol. The van der Waals surface area contributed by atoms with Crippen molar-refractivity contribution in [3.63, 3.8) is 0 Å². The van der Waals surface area contributed by atoms with Gasteiger partial charge in [0.25, 0.3) is 0 Å². The van der Waals surface area contributed by atoms with Crippen LogP contribution < -0.4 is 5.32 Å². The van der Waals surface area contributed by atoms with Crippen molar-refractivity contribution in [1.82, 2.24) is 9.62 Å². The van der Waals surface area contributed by atoms with E-state index < -0.39 is 16.0 Å². The van der Waals surface area contributed by atoms with Gasteiger partial charge in [0.05, 0.1) is 11.3 Å². The second kappa shape index (κ2) is 6.13. The number of nitrogens with one attached hydrogen (secondary N) is 1. The number of rotatable bonds is 4. The number of hydrogen-bond acceptors (Lipinski definition) is 4. The fourth-order valence-electron chi connectivity index (χ4n) is 2.43. The predicted octanol–water partition coefficient (Wildman–Crippen LogP) is 0.605. The largest absolute Gasteiger partial charge is 0.481 e. The highest BCUT2D eigenvalue weighted by Crippen LogP contribution is 2.21.